The fraction of sp³-hybridized carbons (Fsp3) is 0.455. The third-order valence-electron chi connectivity index (χ3n) is 2.01. The van der Waals surface area contributed by atoms with Crippen LogP contribution < -0.4 is 4.74 Å². The monoisotopic (exact) mass is 212 g/mol. The Bertz CT molecular complexity index is 287. The first-order valence-electron chi connectivity index (χ1n) is 4.66. The molecule has 2 nitrogen and oxygen atoms in total. The molecule has 78 valence electrons. The highest BCUT2D eigenvalue weighted by Crippen LogP contribution is 2.25. The summed E-state index contributed by atoms with van der Waals surface area (Å²) < 4.78 is 5.55. The van der Waals surface area contributed by atoms with E-state index in [2.05, 4.69) is 6.26 Å². The number of phenolic OH excluding ortho intramolecular Hbond substituents is 1. The number of aromatic hydroxyl groups is 1. The van der Waals surface area contributed by atoms with Gasteiger partial charge in [0.05, 0.1) is 6.61 Å². The second kappa shape index (κ2) is 5.81. The number of phenols is 1. The van der Waals surface area contributed by atoms with E-state index >= 15 is 0 Å². The van der Waals surface area contributed by atoms with E-state index in [1.54, 1.807) is 12.1 Å². The topological polar surface area (TPSA) is 29.5 Å². The fourth-order valence-electron chi connectivity index (χ4n) is 1.14. The summed E-state index contributed by atoms with van der Waals surface area (Å²) in [6.45, 7) is 2.57. The minimum atomic E-state index is 0.298. The van der Waals surface area contributed by atoms with Gasteiger partial charge in [0.25, 0.3) is 0 Å². The second-order valence-electron chi connectivity index (χ2n) is 3.10. The lowest BCUT2D eigenvalue weighted by molar-refractivity contribution is 0.314. The molecule has 0 saturated heterocycles. The second-order valence-corrected chi connectivity index (χ2v) is 4.08. The zero-order chi connectivity index (χ0) is 10.4. The number of ether oxygens (including phenoxy) is 1. The van der Waals surface area contributed by atoms with Gasteiger partial charge in [0, 0.05) is 5.56 Å². The lowest BCUT2D eigenvalue weighted by Crippen LogP contribution is -1.99. The third kappa shape index (κ3) is 3.14. The zero-order valence-electron chi connectivity index (χ0n) is 8.62. The number of hydrogen-bond acceptors (Lipinski definition) is 3. The Balaban J connectivity index is 2.46. The van der Waals surface area contributed by atoms with E-state index in [9.17, 15) is 5.11 Å². The molecule has 14 heavy (non-hydrogen) atoms. The van der Waals surface area contributed by atoms with E-state index < -0.39 is 0 Å². The summed E-state index contributed by atoms with van der Waals surface area (Å²) in [7, 11) is 0. The van der Waals surface area contributed by atoms with E-state index in [-0.39, 0.29) is 0 Å². The average Bonchev–Trinajstić information content (AvgIpc) is 2.19. The predicted octanol–water partition coefficient (Wildman–Crippen LogP) is 2.83. The van der Waals surface area contributed by atoms with Gasteiger partial charge in [-0.2, -0.15) is 11.8 Å². The normalized spacial score (nSPS) is 10.1. The van der Waals surface area contributed by atoms with Gasteiger partial charge in [-0.25, -0.2) is 0 Å². The molecule has 0 aliphatic rings. The van der Waals surface area contributed by atoms with Crippen molar-refractivity contribution in [2.45, 2.75) is 13.3 Å². The maximum atomic E-state index is 9.42. The molecule has 0 fully saturated rings. The van der Waals surface area contributed by atoms with Crippen LogP contribution >= 0.6 is 11.8 Å². The molecule has 1 aromatic rings. The molecule has 1 N–H and O–H groups in total. The van der Waals surface area contributed by atoms with E-state index in [4.69, 9.17) is 4.74 Å². The summed E-state index contributed by atoms with van der Waals surface area (Å²) in [6.07, 6.45) is 3.12. The molecule has 1 aromatic carbocycles. The quantitative estimate of drug-likeness (QED) is 0.761. The first kappa shape index (κ1) is 11.2. The molecule has 0 aromatic heterocycles. The van der Waals surface area contributed by atoms with Crippen LogP contribution in [0, 0.1) is 6.92 Å². The lowest BCUT2D eigenvalue weighted by Gasteiger charge is -2.09. The first-order chi connectivity index (χ1) is 6.75. The van der Waals surface area contributed by atoms with Crippen molar-refractivity contribution in [2.24, 2.45) is 0 Å². The Labute approximate surface area is 89.3 Å². The summed E-state index contributed by atoms with van der Waals surface area (Å²) in [4.78, 5) is 0. The van der Waals surface area contributed by atoms with Crippen LogP contribution in [0.1, 0.15) is 12.0 Å². The number of benzene rings is 1. The van der Waals surface area contributed by atoms with Crippen LogP contribution in [0.2, 0.25) is 0 Å². The molecular weight excluding hydrogens is 196 g/mol. The number of rotatable bonds is 5. The molecular formula is C11H16O2S. The van der Waals surface area contributed by atoms with Crippen molar-refractivity contribution >= 4 is 11.8 Å². The number of thioether (sulfide) groups is 1. The third-order valence-corrected chi connectivity index (χ3v) is 2.70. The molecule has 3 heteroatoms. The van der Waals surface area contributed by atoms with E-state index in [1.807, 2.05) is 24.8 Å². The van der Waals surface area contributed by atoms with E-state index in [0.29, 0.717) is 12.4 Å². The van der Waals surface area contributed by atoms with Gasteiger partial charge in [0.1, 0.15) is 11.5 Å². The van der Waals surface area contributed by atoms with Crippen molar-refractivity contribution in [2.75, 3.05) is 18.6 Å². The van der Waals surface area contributed by atoms with Gasteiger partial charge >= 0.3 is 0 Å². The van der Waals surface area contributed by atoms with Crippen molar-refractivity contribution < 1.29 is 9.84 Å². The summed E-state index contributed by atoms with van der Waals surface area (Å²) in [6, 6.07) is 5.35. The number of hydrogen-bond donors (Lipinski definition) is 1. The van der Waals surface area contributed by atoms with E-state index in [1.165, 1.54) is 0 Å². The van der Waals surface area contributed by atoms with Crippen molar-refractivity contribution in [3.05, 3.63) is 23.8 Å². The van der Waals surface area contributed by atoms with Gasteiger partial charge < -0.3 is 9.84 Å². The highest BCUT2D eigenvalue weighted by molar-refractivity contribution is 7.98. The van der Waals surface area contributed by atoms with Crippen LogP contribution in [0.4, 0.5) is 0 Å². The summed E-state index contributed by atoms with van der Waals surface area (Å²) in [5.74, 6) is 2.19. The predicted molar refractivity (Wildman–Crippen MR) is 61.3 cm³/mol. The molecule has 0 spiro atoms. The maximum absolute atomic E-state index is 9.42. The highest BCUT2D eigenvalue weighted by Gasteiger charge is 2.02. The lowest BCUT2D eigenvalue weighted by atomic mass is 10.2. The molecule has 0 atom stereocenters. The Morgan fingerprint density at radius 1 is 1.43 bits per heavy atom. The van der Waals surface area contributed by atoms with Gasteiger partial charge in [-0.1, -0.05) is 6.07 Å². The van der Waals surface area contributed by atoms with Crippen LogP contribution in [-0.2, 0) is 0 Å². The zero-order valence-corrected chi connectivity index (χ0v) is 9.43. The Kier molecular flexibility index (Phi) is 4.66. The standard InChI is InChI=1S/C11H16O2S/c1-9-10(12)5-3-6-11(9)13-7-4-8-14-2/h3,5-6,12H,4,7-8H2,1-2H3. The molecule has 0 aliphatic carbocycles. The average molecular weight is 212 g/mol. The summed E-state index contributed by atoms with van der Waals surface area (Å²) in [5, 5.41) is 9.42. The molecule has 0 aliphatic heterocycles. The SMILES string of the molecule is CSCCCOc1cccc(O)c1C. The molecule has 0 saturated carbocycles. The molecule has 0 amide bonds. The minimum Gasteiger partial charge on any atom is -0.508 e. The van der Waals surface area contributed by atoms with E-state index in [0.717, 1.165) is 23.5 Å². The summed E-state index contributed by atoms with van der Waals surface area (Å²) in [5.41, 5.74) is 0.816. The van der Waals surface area contributed by atoms with Gasteiger partial charge in [0.2, 0.25) is 0 Å². The minimum absolute atomic E-state index is 0.298. The van der Waals surface area contributed by atoms with Gasteiger partial charge in [-0.15, -0.1) is 0 Å². The fourth-order valence-corrected chi connectivity index (χ4v) is 1.55. The van der Waals surface area contributed by atoms with Gasteiger partial charge in [0.15, 0.2) is 0 Å². The smallest absolute Gasteiger partial charge is 0.125 e. The molecule has 1 rings (SSSR count). The van der Waals surface area contributed by atoms with Crippen molar-refractivity contribution in [1.82, 2.24) is 0 Å². The molecule has 0 bridgehead atoms. The van der Waals surface area contributed by atoms with Crippen LogP contribution in [0.5, 0.6) is 11.5 Å². The van der Waals surface area contributed by atoms with Crippen LogP contribution in [0.25, 0.3) is 0 Å². The van der Waals surface area contributed by atoms with Gasteiger partial charge in [-0.05, 0) is 37.5 Å². The van der Waals surface area contributed by atoms with Crippen LogP contribution in [0.3, 0.4) is 0 Å². The largest absolute Gasteiger partial charge is 0.508 e. The van der Waals surface area contributed by atoms with Crippen molar-refractivity contribution in [1.29, 1.82) is 0 Å². The molecule has 0 unspecified atom stereocenters. The Morgan fingerprint density at radius 3 is 2.93 bits per heavy atom. The van der Waals surface area contributed by atoms with Gasteiger partial charge in [-0.3, -0.25) is 0 Å². The molecule has 0 radical (unpaired) electrons. The maximum Gasteiger partial charge on any atom is 0.125 e. The van der Waals surface area contributed by atoms with Crippen molar-refractivity contribution in [3.8, 4) is 11.5 Å². The Morgan fingerprint density at radius 2 is 2.21 bits per heavy atom. The van der Waals surface area contributed by atoms with Crippen LogP contribution in [0.15, 0.2) is 18.2 Å². The molecule has 0 heterocycles. The Hall–Kier alpha value is -0.830. The van der Waals surface area contributed by atoms with Crippen LogP contribution in [-0.4, -0.2) is 23.7 Å². The summed E-state index contributed by atoms with van der Waals surface area (Å²) >= 11 is 1.81. The van der Waals surface area contributed by atoms with Crippen molar-refractivity contribution in [3.63, 3.8) is 0 Å². The first-order valence-corrected chi connectivity index (χ1v) is 6.05. The highest BCUT2D eigenvalue weighted by atomic mass is 32.2.